The van der Waals surface area contributed by atoms with E-state index in [1.807, 2.05) is 36.4 Å². The normalized spacial score (nSPS) is 10.6. The molecule has 0 aliphatic carbocycles. The van der Waals surface area contributed by atoms with Crippen LogP contribution in [-0.4, -0.2) is 16.0 Å². The van der Waals surface area contributed by atoms with Crippen LogP contribution in [0.4, 0.5) is 10.1 Å². The van der Waals surface area contributed by atoms with E-state index in [1.165, 1.54) is 24.3 Å². The third-order valence-corrected chi connectivity index (χ3v) is 4.19. The van der Waals surface area contributed by atoms with Crippen molar-refractivity contribution in [1.29, 1.82) is 0 Å². The van der Waals surface area contributed by atoms with Crippen molar-refractivity contribution in [3.05, 3.63) is 102 Å². The Balaban J connectivity index is 1.56. The van der Waals surface area contributed by atoms with Crippen LogP contribution in [0.1, 0.15) is 21.7 Å². The molecule has 0 aliphatic rings. The van der Waals surface area contributed by atoms with E-state index < -0.39 is 5.82 Å². The minimum absolute atomic E-state index is 0.320. The zero-order valence-corrected chi connectivity index (χ0v) is 14.8. The summed E-state index contributed by atoms with van der Waals surface area (Å²) in [6, 6.07) is 22.4. The number of nitrogens with zero attached hydrogens (tertiary/aromatic N) is 2. The largest absolute Gasteiger partial charge is 0.334 e. The van der Waals surface area contributed by atoms with Crippen LogP contribution >= 0.6 is 0 Å². The second-order valence-electron chi connectivity index (χ2n) is 6.18. The molecule has 138 valence electrons. The maximum Gasteiger partial charge on any atom is 0.260 e. The van der Waals surface area contributed by atoms with Gasteiger partial charge >= 0.3 is 0 Å². The van der Waals surface area contributed by atoms with Gasteiger partial charge < -0.3 is 9.84 Å². The van der Waals surface area contributed by atoms with E-state index in [2.05, 4.69) is 15.5 Å². The summed E-state index contributed by atoms with van der Waals surface area (Å²) in [6.45, 7) is 0. The van der Waals surface area contributed by atoms with E-state index in [0.717, 1.165) is 5.56 Å². The highest BCUT2D eigenvalue weighted by Gasteiger charge is 2.15. The first-order valence-electron chi connectivity index (χ1n) is 8.72. The number of para-hydroxylation sites is 1. The summed E-state index contributed by atoms with van der Waals surface area (Å²) in [5.41, 5.74) is 2.58. The maximum atomic E-state index is 13.1. The average molecular weight is 373 g/mol. The van der Waals surface area contributed by atoms with Crippen molar-refractivity contribution in [3.8, 4) is 11.5 Å². The Kier molecular flexibility index (Phi) is 4.93. The lowest BCUT2D eigenvalue weighted by atomic mass is 10.1. The molecule has 5 nitrogen and oxygen atoms in total. The number of nitrogens with one attached hydrogen (secondary N) is 1. The highest BCUT2D eigenvalue weighted by molar-refractivity contribution is 6.05. The summed E-state index contributed by atoms with van der Waals surface area (Å²) in [5.74, 6) is 0.132. The molecule has 0 saturated carbocycles. The number of aromatic nitrogens is 2. The Morgan fingerprint density at radius 2 is 1.64 bits per heavy atom. The predicted molar refractivity (Wildman–Crippen MR) is 103 cm³/mol. The minimum Gasteiger partial charge on any atom is -0.334 e. The van der Waals surface area contributed by atoms with Gasteiger partial charge in [-0.05, 0) is 42.0 Å². The number of amides is 1. The molecule has 3 aromatic carbocycles. The molecule has 1 N–H and O–H groups in total. The molecule has 1 amide bonds. The highest BCUT2D eigenvalue weighted by Crippen LogP contribution is 2.27. The van der Waals surface area contributed by atoms with Crippen LogP contribution < -0.4 is 5.32 Å². The second kappa shape index (κ2) is 7.84. The zero-order valence-electron chi connectivity index (χ0n) is 14.8. The number of hydrogen-bond donors (Lipinski definition) is 1. The molecule has 0 atom stereocenters. The maximum absolute atomic E-state index is 13.1. The Labute approximate surface area is 160 Å². The van der Waals surface area contributed by atoms with Crippen LogP contribution in [0, 0.1) is 5.82 Å². The Morgan fingerprint density at radius 3 is 2.43 bits per heavy atom. The van der Waals surface area contributed by atoms with Crippen molar-refractivity contribution in [3.63, 3.8) is 0 Å². The smallest absolute Gasteiger partial charge is 0.260 e. The van der Waals surface area contributed by atoms with Crippen LogP contribution in [-0.2, 0) is 6.42 Å². The lowest BCUT2D eigenvalue weighted by Crippen LogP contribution is -2.12. The zero-order chi connectivity index (χ0) is 19.3. The summed E-state index contributed by atoms with van der Waals surface area (Å²) >= 11 is 0. The number of carbonyl (C=O) groups is 1. The molecule has 1 heterocycles. The number of hydrogen-bond acceptors (Lipinski definition) is 4. The van der Waals surface area contributed by atoms with Crippen molar-refractivity contribution in [2.75, 3.05) is 5.32 Å². The summed E-state index contributed by atoms with van der Waals surface area (Å²) < 4.78 is 18.5. The molecule has 28 heavy (non-hydrogen) atoms. The molecule has 0 unspecified atom stereocenters. The molecule has 0 spiro atoms. The predicted octanol–water partition coefficient (Wildman–Crippen LogP) is 4.72. The lowest BCUT2D eigenvalue weighted by Gasteiger charge is -2.08. The Morgan fingerprint density at radius 1 is 0.929 bits per heavy atom. The van der Waals surface area contributed by atoms with Gasteiger partial charge in [-0.2, -0.15) is 4.98 Å². The fourth-order valence-electron chi connectivity index (χ4n) is 2.79. The molecule has 0 radical (unpaired) electrons. The van der Waals surface area contributed by atoms with Gasteiger partial charge in [0.1, 0.15) is 5.82 Å². The van der Waals surface area contributed by atoms with Crippen LogP contribution in [0.25, 0.3) is 11.5 Å². The van der Waals surface area contributed by atoms with Gasteiger partial charge in [-0.25, -0.2) is 4.39 Å². The topological polar surface area (TPSA) is 68.0 Å². The standard InChI is InChI=1S/C22H16FN3O2/c23-17-12-10-16(11-13-17)21(27)24-19-9-5-4-8-18(19)22-25-20(26-28-22)14-15-6-2-1-3-7-15/h1-13H,14H2,(H,24,27). The van der Waals surface area contributed by atoms with Crippen LogP contribution in [0.2, 0.25) is 0 Å². The molecule has 4 rings (SSSR count). The van der Waals surface area contributed by atoms with E-state index in [0.29, 0.717) is 35.0 Å². The molecule has 6 heteroatoms. The van der Waals surface area contributed by atoms with E-state index >= 15 is 0 Å². The number of rotatable bonds is 5. The van der Waals surface area contributed by atoms with E-state index in [4.69, 9.17) is 4.52 Å². The molecule has 4 aromatic rings. The molecule has 1 aromatic heterocycles. The number of halogens is 1. The van der Waals surface area contributed by atoms with Crippen molar-refractivity contribution in [2.24, 2.45) is 0 Å². The van der Waals surface area contributed by atoms with Crippen molar-refractivity contribution < 1.29 is 13.7 Å². The van der Waals surface area contributed by atoms with E-state index in [-0.39, 0.29) is 5.91 Å². The van der Waals surface area contributed by atoms with Gasteiger partial charge in [-0.15, -0.1) is 0 Å². The molecule has 0 saturated heterocycles. The summed E-state index contributed by atoms with van der Waals surface area (Å²) in [5, 5.41) is 6.85. The lowest BCUT2D eigenvalue weighted by molar-refractivity contribution is 0.102. The summed E-state index contributed by atoms with van der Waals surface area (Å²) in [6.07, 6.45) is 0.550. The van der Waals surface area contributed by atoms with Crippen LogP contribution in [0.15, 0.2) is 83.4 Å². The molecule has 0 fully saturated rings. The fourth-order valence-corrected chi connectivity index (χ4v) is 2.79. The Bertz CT molecular complexity index is 1090. The first kappa shape index (κ1) is 17.6. The van der Waals surface area contributed by atoms with Gasteiger partial charge in [0.25, 0.3) is 11.8 Å². The van der Waals surface area contributed by atoms with E-state index in [1.54, 1.807) is 18.2 Å². The number of carbonyl (C=O) groups excluding carboxylic acids is 1. The molecular weight excluding hydrogens is 357 g/mol. The first-order valence-corrected chi connectivity index (χ1v) is 8.72. The van der Waals surface area contributed by atoms with Gasteiger partial charge in [-0.3, -0.25) is 4.79 Å². The van der Waals surface area contributed by atoms with E-state index in [9.17, 15) is 9.18 Å². The quantitative estimate of drug-likeness (QED) is 0.550. The van der Waals surface area contributed by atoms with Gasteiger partial charge in [0, 0.05) is 12.0 Å². The third kappa shape index (κ3) is 3.96. The minimum atomic E-state index is -0.395. The average Bonchev–Trinajstić information content (AvgIpc) is 3.18. The third-order valence-electron chi connectivity index (χ3n) is 4.19. The van der Waals surface area contributed by atoms with Crippen molar-refractivity contribution in [2.45, 2.75) is 6.42 Å². The molecule has 0 aliphatic heterocycles. The number of anilines is 1. The molecular formula is C22H16FN3O2. The van der Waals surface area contributed by atoms with Crippen LogP contribution in [0.3, 0.4) is 0 Å². The monoisotopic (exact) mass is 373 g/mol. The van der Waals surface area contributed by atoms with Gasteiger partial charge in [0.2, 0.25) is 0 Å². The van der Waals surface area contributed by atoms with Gasteiger partial charge in [0.05, 0.1) is 11.3 Å². The fraction of sp³-hybridized carbons (Fsp3) is 0.0455. The number of benzene rings is 3. The van der Waals surface area contributed by atoms with Crippen LogP contribution in [0.5, 0.6) is 0 Å². The van der Waals surface area contributed by atoms with Crippen molar-refractivity contribution in [1.82, 2.24) is 10.1 Å². The van der Waals surface area contributed by atoms with Gasteiger partial charge in [0.15, 0.2) is 5.82 Å². The highest BCUT2D eigenvalue weighted by atomic mass is 19.1. The summed E-state index contributed by atoms with van der Waals surface area (Å²) in [4.78, 5) is 16.9. The SMILES string of the molecule is O=C(Nc1ccccc1-c1nc(Cc2ccccc2)no1)c1ccc(F)cc1. The first-order chi connectivity index (χ1) is 13.7. The van der Waals surface area contributed by atoms with Gasteiger partial charge in [-0.1, -0.05) is 47.6 Å². The second-order valence-corrected chi connectivity index (χ2v) is 6.18. The summed E-state index contributed by atoms with van der Waals surface area (Å²) in [7, 11) is 0. The Hall–Kier alpha value is -3.80. The van der Waals surface area contributed by atoms with Crippen molar-refractivity contribution >= 4 is 11.6 Å². The molecule has 0 bridgehead atoms.